The lowest BCUT2D eigenvalue weighted by Gasteiger charge is -2.40. The van der Waals surface area contributed by atoms with Crippen molar-refractivity contribution in [2.24, 2.45) is 0 Å². The molecule has 1 fully saturated rings. The number of carbonyl (C=O) groups excluding carboxylic acids is 1. The van der Waals surface area contributed by atoms with Crippen molar-refractivity contribution in [2.45, 2.75) is 62.8 Å². The first-order chi connectivity index (χ1) is 10.7. The Morgan fingerprint density at radius 1 is 1.26 bits per heavy atom. The molecule has 8 atom stereocenters. The Balaban J connectivity index is 2.69. The predicted molar refractivity (Wildman–Crippen MR) is 73.9 cm³/mol. The molecule has 0 aromatic rings. The Kier molecular flexibility index (Phi) is 7.74. The summed E-state index contributed by atoms with van der Waals surface area (Å²) < 4.78 is 22.9. The van der Waals surface area contributed by atoms with Crippen molar-refractivity contribution < 1.29 is 44.2 Å². The highest BCUT2D eigenvalue weighted by molar-refractivity contribution is 5.73. The zero-order valence-corrected chi connectivity index (χ0v) is 12.9. The van der Waals surface area contributed by atoms with Crippen LogP contribution in [0.2, 0.25) is 0 Å². The van der Waals surface area contributed by atoms with Crippen molar-refractivity contribution >= 4 is 5.91 Å². The number of alkyl halides is 1. The van der Waals surface area contributed by atoms with E-state index in [1.807, 2.05) is 0 Å². The molecule has 0 aliphatic carbocycles. The molecular formula is C13H24FNO8. The molecule has 1 aliphatic heterocycles. The van der Waals surface area contributed by atoms with Crippen LogP contribution in [-0.2, 0) is 14.3 Å². The summed E-state index contributed by atoms with van der Waals surface area (Å²) in [4.78, 5) is 11.1. The Morgan fingerprint density at radius 2 is 1.87 bits per heavy atom. The molecule has 9 nitrogen and oxygen atoms in total. The molecule has 23 heavy (non-hydrogen) atoms. The van der Waals surface area contributed by atoms with Gasteiger partial charge in [-0.05, 0) is 6.92 Å². The number of rotatable bonds is 7. The van der Waals surface area contributed by atoms with E-state index in [-0.39, 0.29) is 6.61 Å². The minimum absolute atomic E-state index is 0.380. The Hall–Kier alpha value is -0.880. The molecule has 1 rings (SSSR count). The van der Waals surface area contributed by atoms with E-state index in [2.05, 4.69) is 5.32 Å². The molecule has 1 aliphatic rings. The van der Waals surface area contributed by atoms with Crippen LogP contribution in [0, 0.1) is 0 Å². The fraction of sp³-hybridized carbons (Fsp3) is 0.923. The smallest absolute Gasteiger partial charge is 0.217 e. The minimum atomic E-state index is -1.67. The van der Waals surface area contributed by atoms with Gasteiger partial charge in [0.25, 0.3) is 0 Å². The standard InChI is InChI=1S/C13H24FNO8/c1-5(16)9(18)7(15-6(2)17)4-22-13-12(21)11(20)10(19)8(3-14)23-13/h5,7-13,16,18-21H,3-4H2,1-2H3,(H,15,17)/t5-,7+,8?,9-,10-,11?,12?,13?/m1/s1. The lowest BCUT2D eigenvalue weighted by atomic mass is 9.99. The van der Waals surface area contributed by atoms with E-state index in [4.69, 9.17) is 9.47 Å². The summed E-state index contributed by atoms with van der Waals surface area (Å²) in [6, 6.07) is -1.02. The van der Waals surface area contributed by atoms with Crippen molar-refractivity contribution in [3.63, 3.8) is 0 Å². The van der Waals surface area contributed by atoms with Gasteiger partial charge in [0.1, 0.15) is 37.2 Å². The number of hydrogen-bond donors (Lipinski definition) is 6. The average molecular weight is 341 g/mol. The van der Waals surface area contributed by atoms with Gasteiger partial charge in [-0.3, -0.25) is 4.79 Å². The third-order valence-corrected chi connectivity index (χ3v) is 3.56. The molecular weight excluding hydrogens is 317 g/mol. The van der Waals surface area contributed by atoms with E-state index in [0.717, 1.165) is 0 Å². The van der Waals surface area contributed by atoms with Gasteiger partial charge in [-0.15, -0.1) is 0 Å². The number of nitrogens with one attached hydrogen (secondary N) is 1. The summed E-state index contributed by atoms with van der Waals surface area (Å²) in [7, 11) is 0. The summed E-state index contributed by atoms with van der Waals surface area (Å²) in [5, 5.41) is 50.5. The zero-order valence-electron chi connectivity index (χ0n) is 12.9. The van der Waals surface area contributed by atoms with Crippen LogP contribution < -0.4 is 5.32 Å². The van der Waals surface area contributed by atoms with Gasteiger partial charge >= 0.3 is 0 Å². The van der Waals surface area contributed by atoms with Gasteiger partial charge in [-0.2, -0.15) is 0 Å². The van der Waals surface area contributed by atoms with Crippen LogP contribution in [0.15, 0.2) is 0 Å². The summed E-state index contributed by atoms with van der Waals surface area (Å²) in [6.45, 7) is 1.03. The average Bonchev–Trinajstić information content (AvgIpc) is 2.49. The second-order valence-electron chi connectivity index (χ2n) is 5.54. The van der Waals surface area contributed by atoms with Crippen LogP contribution in [-0.4, -0.2) is 93.7 Å². The Morgan fingerprint density at radius 3 is 2.35 bits per heavy atom. The van der Waals surface area contributed by atoms with Gasteiger partial charge in [-0.1, -0.05) is 0 Å². The van der Waals surface area contributed by atoms with Gasteiger partial charge in [0, 0.05) is 6.92 Å². The van der Waals surface area contributed by atoms with Crippen LogP contribution >= 0.6 is 0 Å². The van der Waals surface area contributed by atoms with E-state index in [1.165, 1.54) is 13.8 Å². The number of aliphatic hydroxyl groups is 5. The van der Waals surface area contributed by atoms with Gasteiger partial charge in [-0.25, -0.2) is 4.39 Å². The monoisotopic (exact) mass is 341 g/mol. The summed E-state index contributed by atoms with van der Waals surface area (Å²) in [5.41, 5.74) is 0. The number of amides is 1. The first-order valence-corrected chi connectivity index (χ1v) is 7.19. The number of halogens is 1. The molecule has 4 unspecified atom stereocenters. The van der Waals surface area contributed by atoms with Crippen LogP contribution in [0.25, 0.3) is 0 Å². The van der Waals surface area contributed by atoms with Gasteiger partial charge < -0.3 is 40.3 Å². The fourth-order valence-electron chi connectivity index (χ4n) is 2.20. The van der Waals surface area contributed by atoms with Gasteiger partial charge in [0.15, 0.2) is 6.29 Å². The molecule has 1 amide bonds. The molecule has 0 aromatic heterocycles. The van der Waals surface area contributed by atoms with E-state index in [9.17, 15) is 34.7 Å². The van der Waals surface area contributed by atoms with Crippen molar-refractivity contribution in [3.8, 4) is 0 Å². The first kappa shape index (κ1) is 20.2. The van der Waals surface area contributed by atoms with E-state index >= 15 is 0 Å². The van der Waals surface area contributed by atoms with Crippen LogP contribution in [0.5, 0.6) is 0 Å². The summed E-state index contributed by atoms with van der Waals surface area (Å²) in [5.74, 6) is -0.486. The van der Waals surface area contributed by atoms with Crippen molar-refractivity contribution in [1.82, 2.24) is 5.32 Å². The molecule has 136 valence electrons. The molecule has 6 N–H and O–H groups in total. The lowest BCUT2D eigenvalue weighted by molar-refractivity contribution is -0.300. The summed E-state index contributed by atoms with van der Waals surface area (Å²) in [6.07, 6.45) is -10.3. The Bertz CT molecular complexity index is 383. The van der Waals surface area contributed by atoms with Gasteiger partial charge in [0.05, 0.1) is 18.8 Å². The maximum absolute atomic E-state index is 12.7. The molecule has 0 aromatic carbocycles. The fourth-order valence-corrected chi connectivity index (χ4v) is 2.20. The molecule has 0 spiro atoms. The van der Waals surface area contributed by atoms with Crippen molar-refractivity contribution in [3.05, 3.63) is 0 Å². The largest absolute Gasteiger partial charge is 0.391 e. The molecule has 10 heteroatoms. The van der Waals surface area contributed by atoms with Crippen molar-refractivity contribution in [2.75, 3.05) is 13.3 Å². The topological polar surface area (TPSA) is 149 Å². The maximum atomic E-state index is 12.7. The highest BCUT2D eigenvalue weighted by Crippen LogP contribution is 2.22. The highest BCUT2D eigenvalue weighted by Gasteiger charge is 2.44. The molecule has 0 radical (unpaired) electrons. The normalized spacial score (nSPS) is 35.4. The summed E-state index contributed by atoms with van der Waals surface area (Å²) >= 11 is 0. The number of carbonyl (C=O) groups is 1. The Labute approximate surface area is 132 Å². The van der Waals surface area contributed by atoms with Crippen LogP contribution in [0.3, 0.4) is 0 Å². The van der Waals surface area contributed by atoms with E-state index < -0.39 is 61.5 Å². The SMILES string of the molecule is CC(=O)N[C@@H](COC1OC(CF)[C@@H](O)C(O)C1O)[C@H](O)[C@@H](C)O. The molecule has 1 saturated heterocycles. The highest BCUT2D eigenvalue weighted by atomic mass is 19.1. The second-order valence-corrected chi connectivity index (χ2v) is 5.54. The number of ether oxygens (including phenoxy) is 2. The lowest BCUT2D eigenvalue weighted by Crippen LogP contribution is -2.60. The van der Waals surface area contributed by atoms with Crippen LogP contribution in [0.4, 0.5) is 4.39 Å². The maximum Gasteiger partial charge on any atom is 0.217 e. The van der Waals surface area contributed by atoms with Crippen LogP contribution in [0.1, 0.15) is 13.8 Å². The first-order valence-electron chi connectivity index (χ1n) is 7.19. The zero-order chi connectivity index (χ0) is 17.7. The van der Waals surface area contributed by atoms with E-state index in [0.29, 0.717) is 0 Å². The number of aliphatic hydroxyl groups excluding tert-OH is 5. The second kappa shape index (κ2) is 8.83. The minimum Gasteiger partial charge on any atom is -0.391 e. The van der Waals surface area contributed by atoms with Crippen molar-refractivity contribution in [1.29, 1.82) is 0 Å². The third kappa shape index (κ3) is 5.31. The molecule has 0 saturated carbocycles. The van der Waals surface area contributed by atoms with Gasteiger partial charge in [0.2, 0.25) is 5.91 Å². The molecule has 1 heterocycles. The molecule has 0 bridgehead atoms. The predicted octanol–water partition coefficient (Wildman–Crippen LogP) is -2.97. The number of hydrogen-bond acceptors (Lipinski definition) is 8. The quantitative estimate of drug-likeness (QED) is 0.287. The van der Waals surface area contributed by atoms with E-state index in [1.54, 1.807) is 0 Å². The third-order valence-electron chi connectivity index (χ3n) is 3.56.